The molecular weight excluding hydrogens is 513 g/mol. The monoisotopic (exact) mass is 554 g/mol. The molecule has 0 aliphatic rings. The van der Waals surface area contributed by atoms with Gasteiger partial charge in [-0.25, -0.2) is 0 Å². The van der Waals surface area contributed by atoms with Crippen LogP contribution in [0.5, 0.6) is 0 Å². The van der Waals surface area contributed by atoms with Gasteiger partial charge >= 0.3 is 0 Å². The van der Waals surface area contributed by atoms with Crippen LogP contribution in [-0.4, -0.2) is 16.1 Å². The molecule has 0 bridgehead atoms. The standard InChI is InChI=1S/C38H42Si2/c1-7-39(8-2,9-3)25-23-29-13-17-33-31(27-29)15-19-37-35(33)21-22-36-34-18-14-30(28-32(34)16-20-38(36)37)24-26-40(10-4,11-5)12-6/h13-22,27-28H,7-12H2,1-6H3. The van der Waals surface area contributed by atoms with Gasteiger partial charge in [-0.05, 0) is 104 Å². The summed E-state index contributed by atoms with van der Waals surface area (Å²) in [6.07, 6.45) is 0. The second-order valence-corrected chi connectivity index (χ2v) is 21.3. The van der Waals surface area contributed by atoms with Crippen molar-refractivity contribution in [3.63, 3.8) is 0 Å². The molecule has 0 aliphatic heterocycles. The maximum absolute atomic E-state index is 3.75. The highest BCUT2D eigenvalue weighted by Gasteiger charge is 2.25. The van der Waals surface area contributed by atoms with Gasteiger partial charge in [0.25, 0.3) is 0 Å². The van der Waals surface area contributed by atoms with E-state index in [9.17, 15) is 0 Å². The van der Waals surface area contributed by atoms with Crippen molar-refractivity contribution < 1.29 is 0 Å². The molecule has 5 aromatic rings. The molecule has 0 N–H and O–H groups in total. The van der Waals surface area contributed by atoms with Crippen molar-refractivity contribution in [3.8, 4) is 22.9 Å². The van der Waals surface area contributed by atoms with Gasteiger partial charge in [0, 0.05) is 11.1 Å². The van der Waals surface area contributed by atoms with Gasteiger partial charge in [-0.15, -0.1) is 11.1 Å². The third-order valence-electron chi connectivity index (χ3n) is 9.83. The zero-order valence-corrected chi connectivity index (χ0v) is 27.2. The molecule has 5 aromatic carbocycles. The van der Waals surface area contributed by atoms with E-state index in [1.807, 2.05) is 0 Å². The summed E-state index contributed by atoms with van der Waals surface area (Å²) < 4.78 is 0. The smallest absolute Gasteiger partial charge is 0.126 e. The van der Waals surface area contributed by atoms with Crippen molar-refractivity contribution in [1.82, 2.24) is 0 Å². The maximum atomic E-state index is 3.75. The van der Waals surface area contributed by atoms with Crippen LogP contribution in [0.1, 0.15) is 52.7 Å². The van der Waals surface area contributed by atoms with E-state index in [0.29, 0.717) is 0 Å². The van der Waals surface area contributed by atoms with Crippen LogP contribution in [0.25, 0.3) is 43.1 Å². The highest BCUT2D eigenvalue weighted by molar-refractivity contribution is 6.87. The van der Waals surface area contributed by atoms with Crippen LogP contribution in [0.2, 0.25) is 36.3 Å². The first-order chi connectivity index (χ1) is 19.4. The van der Waals surface area contributed by atoms with Crippen molar-refractivity contribution >= 4 is 59.2 Å². The van der Waals surface area contributed by atoms with Crippen LogP contribution in [-0.2, 0) is 0 Å². The maximum Gasteiger partial charge on any atom is 0.138 e. The molecule has 0 radical (unpaired) electrons. The second-order valence-electron chi connectivity index (χ2n) is 11.4. The fraction of sp³-hybridized carbons (Fsp3) is 0.316. The quantitative estimate of drug-likeness (QED) is 0.111. The summed E-state index contributed by atoms with van der Waals surface area (Å²) in [4.78, 5) is 0. The van der Waals surface area contributed by atoms with Gasteiger partial charge in [-0.3, -0.25) is 0 Å². The normalized spacial score (nSPS) is 11.9. The molecule has 5 rings (SSSR count). The first kappa shape index (κ1) is 28.2. The number of hydrogen-bond acceptors (Lipinski definition) is 0. The van der Waals surface area contributed by atoms with Gasteiger partial charge < -0.3 is 0 Å². The fourth-order valence-corrected chi connectivity index (χ4v) is 11.2. The molecule has 0 fully saturated rings. The van der Waals surface area contributed by atoms with E-state index >= 15 is 0 Å². The zero-order chi connectivity index (χ0) is 28.3. The van der Waals surface area contributed by atoms with Crippen LogP contribution in [0.3, 0.4) is 0 Å². The number of benzene rings is 5. The number of hydrogen-bond donors (Lipinski definition) is 0. The lowest BCUT2D eigenvalue weighted by Crippen LogP contribution is -2.29. The Morgan fingerprint density at radius 2 is 0.700 bits per heavy atom. The number of rotatable bonds is 6. The Labute approximate surface area is 243 Å². The van der Waals surface area contributed by atoms with Crippen LogP contribution in [0, 0.1) is 22.9 Å². The molecule has 0 heterocycles. The Morgan fingerprint density at radius 1 is 0.400 bits per heavy atom. The fourth-order valence-electron chi connectivity index (χ4n) is 6.30. The minimum atomic E-state index is -1.45. The lowest BCUT2D eigenvalue weighted by Gasteiger charge is -2.20. The minimum Gasteiger partial charge on any atom is -0.126 e. The molecule has 0 saturated carbocycles. The summed E-state index contributed by atoms with van der Waals surface area (Å²) >= 11 is 0. The van der Waals surface area contributed by atoms with Gasteiger partial charge in [0.1, 0.15) is 16.1 Å². The van der Waals surface area contributed by atoms with Crippen LogP contribution in [0.15, 0.2) is 72.8 Å². The van der Waals surface area contributed by atoms with Gasteiger partial charge in [-0.1, -0.05) is 102 Å². The Morgan fingerprint density at radius 3 is 1.05 bits per heavy atom. The van der Waals surface area contributed by atoms with Crippen molar-refractivity contribution in [2.75, 3.05) is 0 Å². The Hall–Kier alpha value is -3.31. The lowest BCUT2D eigenvalue weighted by molar-refractivity contribution is 1.20. The van der Waals surface area contributed by atoms with Crippen LogP contribution in [0.4, 0.5) is 0 Å². The third-order valence-corrected chi connectivity index (χ3v) is 19.3. The summed E-state index contributed by atoms with van der Waals surface area (Å²) in [6, 6.07) is 34.8. The molecule has 0 amide bonds. The SMILES string of the molecule is CC[Si](C#Cc1ccc2c(ccc3c2ccc2c4ccc(C#C[Si](CC)(CC)CC)cc4ccc23)c1)(CC)CC. The van der Waals surface area contributed by atoms with Gasteiger partial charge in [0.2, 0.25) is 0 Å². The molecule has 0 aromatic heterocycles. The first-order valence-electron chi connectivity index (χ1n) is 15.3. The van der Waals surface area contributed by atoms with Crippen molar-refractivity contribution in [3.05, 3.63) is 83.9 Å². The first-order valence-corrected chi connectivity index (χ1v) is 20.6. The Bertz CT molecular complexity index is 1680. The van der Waals surface area contributed by atoms with Crippen LogP contribution < -0.4 is 0 Å². The van der Waals surface area contributed by atoms with Crippen molar-refractivity contribution in [2.45, 2.75) is 77.8 Å². The van der Waals surface area contributed by atoms with Gasteiger partial charge in [0.15, 0.2) is 0 Å². The lowest BCUT2D eigenvalue weighted by atomic mass is 9.93. The largest absolute Gasteiger partial charge is 0.138 e. The molecule has 0 spiro atoms. The van der Waals surface area contributed by atoms with E-state index in [-0.39, 0.29) is 0 Å². The molecule has 0 atom stereocenters. The summed E-state index contributed by atoms with van der Waals surface area (Å²) in [5.41, 5.74) is 9.78. The van der Waals surface area contributed by atoms with Crippen molar-refractivity contribution in [2.24, 2.45) is 0 Å². The molecule has 0 nitrogen and oxygen atoms in total. The zero-order valence-electron chi connectivity index (χ0n) is 25.2. The predicted molar refractivity (Wildman–Crippen MR) is 185 cm³/mol. The van der Waals surface area contributed by atoms with E-state index in [2.05, 4.69) is 137 Å². The average Bonchev–Trinajstić information content (AvgIpc) is 3.02. The molecule has 2 heteroatoms. The second kappa shape index (κ2) is 11.7. The third kappa shape index (κ3) is 5.12. The molecule has 0 unspecified atom stereocenters. The summed E-state index contributed by atoms with van der Waals surface area (Å²) in [6.45, 7) is 13.9. The summed E-state index contributed by atoms with van der Waals surface area (Å²) in [5, 5.41) is 10.4. The highest BCUT2D eigenvalue weighted by Crippen LogP contribution is 2.35. The van der Waals surface area contributed by atoms with E-state index in [1.165, 1.54) is 79.4 Å². The molecular formula is C38H42Si2. The molecule has 40 heavy (non-hydrogen) atoms. The average molecular weight is 555 g/mol. The van der Waals surface area contributed by atoms with Gasteiger partial charge in [0.05, 0.1) is 0 Å². The Balaban J connectivity index is 1.57. The highest BCUT2D eigenvalue weighted by atomic mass is 28.3. The van der Waals surface area contributed by atoms with E-state index in [0.717, 1.165) is 11.1 Å². The molecule has 0 saturated heterocycles. The summed E-state index contributed by atoms with van der Waals surface area (Å²) in [5.74, 6) is 7.13. The topological polar surface area (TPSA) is 0 Å². The van der Waals surface area contributed by atoms with Crippen LogP contribution >= 0.6 is 0 Å². The van der Waals surface area contributed by atoms with Crippen molar-refractivity contribution in [1.29, 1.82) is 0 Å². The Kier molecular flexibility index (Phi) is 8.23. The van der Waals surface area contributed by atoms with Gasteiger partial charge in [-0.2, -0.15) is 0 Å². The van der Waals surface area contributed by atoms with E-state index in [1.54, 1.807) is 0 Å². The van der Waals surface area contributed by atoms with E-state index in [4.69, 9.17) is 0 Å². The molecule has 202 valence electrons. The minimum absolute atomic E-state index is 1.14. The van der Waals surface area contributed by atoms with E-state index < -0.39 is 16.1 Å². The molecule has 0 aliphatic carbocycles. The summed E-state index contributed by atoms with van der Waals surface area (Å²) in [7, 11) is -2.91. The predicted octanol–water partition coefficient (Wildman–Crippen LogP) is 11.1. The number of fused-ring (bicyclic) bond motifs is 7.